The van der Waals surface area contributed by atoms with Gasteiger partial charge in [-0.15, -0.1) is 0 Å². The standard InChI is InChI=1S/C22H32N8O4/c1-22(2,3)34-21(31)30-6-4-14(5-7-30)33-17-12-16(15-13-25-19(24)28-18(15)23)26-20(27-17)29-8-10-32-11-9-29/h12-14H,4-11H2,1-3H3,(H4,23,24,25,28). The number of hydrogen-bond donors (Lipinski definition) is 2. The summed E-state index contributed by atoms with van der Waals surface area (Å²) >= 11 is 0. The number of likely N-dealkylation sites (tertiary alicyclic amines) is 1. The molecule has 184 valence electrons. The molecule has 0 unspecified atom stereocenters. The Morgan fingerprint density at radius 2 is 1.79 bits per heavy atom. The molecule has 0 bridgehead atoms. The second kappa shape index (κ2) is 9.84. The lowest BCUT2D eigenvalue weighted by Crippen LogP contribution is -2.44. The third-order valence-electron chi connectivity index (χ3n) is 5.48. The number of aromatic nitrogens is 4. The molecule has 2 aliphatic heterocycles. The van der Waals surface area contributed by atoms with E-state index in [4.69, 9.17) is 25.7 Å². The number of amides is 1. The van der Waals surface area contributed by atoms with Gasteiger partial charge < -0.3 is 35.5 Å². The van der Waals surface area contributed by atoms with Crippen LogP contribution in [0.2, 0.25) is 0 Å². The van der Waals surface area contributed by atoms with Gasteiger partial charge in [-0.05, 0) is 20.8 Å². The maximum absolute atomic E-state index is 12.3. The molecule has 4 rings (SSSR count). The van der Waals surface area contributed by atoms with Gasteiger partial charge in [0.05, 0.1) is 24.5 Å². The molecule has 0 saturated carbocycles. The molecule has 2 saturated heterocycles. The maximum atomic E-state index is 12.3. The molecule has 4 heterocycles. The number of piperidine rings is 1. The molecular formula is C22H32N8O4. The molecule has 12 heteroatoms. The quantitative estimate of drug-likeness (QED) is 0.668. The summed E-state index contributed by atoms with van der Waals surface area (Å²) in [6.45, 7) is 9.21. The van der Waals surface area contributed by atoms with Crippen LogP contribution in [0.1, 0.15) is 33.6 Å². The molecule has 2 fully saturated rings. The van der Waals surface area contributed by atoms with Crippen molar-refractivity contribution < 1.29 is 19.0 Å². The van der Waals surface area contributed by atoms with E-state index < -0.39 is 5.60 Å². The summed E-state index contributed by atoms with van der Waals surface area (Å²) < 4.78 is 17.2. The highest BCUT2D eigenvalue weighted by atomic mass is 16.6. The highest BCUT2D eigenvalue weighted by molar-refractivity contribution is 5.72. The normalized spacial score (nSPS) is 17.5. The number of carbonyl (C=O) groups is 1. The van der Waals surface area contributed by atoms with Crippen molar-refractivity contribution in [2.75, 3.05) is 55.8 Å². The van der Waals surface area contributed by atoms with Crippen LogP contribution < -0.4 is 21.1 Å². The molecule has 2 aromatic heterocycles. The molecule has 2 aromatic rings. The number of morpholine rings is 1. The van der Waals surface area contributed by atoms with Crippen molar-refractivity contribution in [3.05, 3.63) is 12.3 Å². The Labute approximate surface area is 198 Å². The number of ether oxygens (including phenoxy) is 3. The predicted octanol–water partition coefficient (Wildman–Crippen LogP) is 1.71. The third-order valence-corrected chi connectivity index (χ3v) is 5.48. The molecule has 1 amide bonds. The van der Waals surface area contributed by atoms with E-state index in [2.05, 4.69) is 19.9 Å². The number of nitrogen functional groups attached to an aromatic ring is 2. The Morgan fingerprint density at radius 3 is 2.44 bits per heavy atom. The Morgan fingerprint density at radius 1 is 1.09 bits per heavy atom. The van der Waals surface area contributed by atoms with Crippen molar-refractivity contribution in [3.63, 3.8) is 0 Å². The van der Waals surface area contributed by atoms with Crippen molar-refractivity contribution in [3.8, 4) is 17.1 Å². The van der Waals surface area contributed by atoms with E-state index in [1.54, 1.807) is 17.2 Å². The highest BCUT2D eigenvalue weighted by Crippen LogP contribution is 2.29. The van der Waals surface area contributed by atoms with Crippen molar-refractivity contribution in [1.29, 1.82) is 0 Å². The van der Waals surface area contributed by atoms with Crippen LogP contribution in [0.5, 0.6) is 5.88 Å². The van der Waals surface area contributed by atoms with Gasteiger partial charge in [0, 0.05) is 51.3 Å². The molecule has 12 nitrogen and oxygen atoms in total. The summed E-state index contributed by atoms with van der Waals surface area (Å²) in [5.74, 6) is 1.28. The Hall–Kier alpha value is -3.41. The van der Waals surface area contributed by atoms with Crippen LogP contribution >= 0.6 is 0 Å². The summed E-state index contributed by atoms with van der Waals surface area (Å²) in [7, 11) is 0. The number of nitrogens with zero attached hydrogens (tertiary/aromatic N) is 6. The Balaban J connectivity index is 1.51. The zero-order valence-corrected chi connectivity index (χ0v) is 19.9. The SMILES string of the molecule is CC(C)(C)OC(=O)N1CCC(Oc2cc(-c3cnc(N)nc3N)nc(N3CCOCC3)n2)CC1. The average molecular weight is 473 g/mol. The van der Waals surface area contributed by atoms with E-state index in [1.165, 1.54) is 0 Å². The zero-order chi connectivity index (χ0) is 24.3. The smallest absolute Gasteiger partial charge is 0.410 e. The first-order valence-corrected chi connectivity index (χ1v) is 11.4. The summed E-state index contributed by atoms with van der Waals surface area (Å²) in [5.41, 5.74) is 12.3. The lowest BCUT2D eigenvalue weighted by atomic mass is 10.1. The van der Waals surface area contributed by atoms with Gasteiger partial charge in [0.25, 0.3) is 0 Å². The van der Waals surface area contributed by atoms with Crippen LogP contribution in [0.25, 0.3) is 11.3 Å². The van der Waals surface area contributed by atoms with Crippen molar-refractivity contribution in [2.45, 2.75) is 45.3 Å². The first kappa shape index (κ1) is 23.7. The van der Waals surface area contributed by atoms with E-state index in [9.17, 15) is 4.79 Å². The number of rotatable bonds is 4. The number of hydrogen-bond acceptors (Lipinski definition) is 11. The zero-order valence-electron chi connectivity index (χ0n) is 19.9. The first-order valence-electron chi connectivity index (χ1n) is 11.4. The maximum Gasteiger partial charge on any atom is 0.410 e. The minimum absolute atomic E-state index is 0.0944. The van der Waals surface area contributed by atoms with Crippen LogP contribution in [0, 0.1) is 0 Å². The minimum atomic E-state index is -0.522. The molecule has 0 aromatic carbocycles. The van der Waals surface area contributed by atoms with E-state index >= 15 is 0 Å². The van der Waals surface area contributed by atoms with Crippen LogP contribution in [-0.4, -0.2) is 82.0 Å². The largest absolute Gasteiger partial charge is 0.474 e. The van der Waals surface area contributed by atoms with Gasteiger partial charge >= 0.3 is 6.09 Å². The highest BCUT2D eigenvalue weighted by Gasteiger charge is 2.28. The van der Waals surface area contributed by atoms with E-state index in [-0.39, 0.29) is 24.0 Å². The van der Waals surface area contributed by atoms with Gasteiger partial charge in [0.15, 0.2) is 0 Å². The third kappa shape index (κ3) is 5.93. The van der Waals surface area contributed by atoms with E-state index in [1.807, 2.05) is 25.7 Å². The van der Waals surface area contributed by atoms with E-state index in [0.717, 1.165) is 0 Å². The van der Waals surface area contributed by atoms with Crippen LogP contribution in [0.4, 0.5) is 22.5 Å². The minimum Gasteiger partial charge on any atom is -0.474 e. The topological polar surface area (TPSA) is 155 Å². The van der Waals surface area contributed by atoms with E-state index in [0.29, 0.717) is 75.3 Å². The van der Waals surface area contributed by atoms with Gasteiger partial charge in [-0.2, -0.15) is 9.97 Å². The van der Waals surface area contributed by atoms with Crippen molar-refractivity contribution >= 4 is 23.8 Å². The summed E-state index contributed by atoms with van der Waals surface area (Å²) in [4.78, 5) is 33.5. The molecule has 2 aliphatic rings. The second-order valence-corrected chi connectivity index (χ2v) is 9.30. The fourth-order valence-electron chi connectivity index (χ4n) is 3.78. The van der Waals surface area contributed by atoms with Crippen LogP contribution in [-0.2, 0) is 9.47 Å². The van der Waals surface area contributed by atoms with Crippen molar-refractivity contribution in [2.24, 2.45) is 0 Å². The summed E-state index contributed by atoms with van der Waals surface area (Å²) in [6, 6.07) is 1.73. The van der Waals surface area contributed by atoms with Crippen LogP contribution in [0.15, 0.2) is 12.3 Å². The molecule has 34 heavy (non-hydrogen) atoms. The molecule has 4 N–H and O–H groups in total. The summed E-state index contributed by atoms with van der Waals surface area (Å²) in [6.07, 6.45) is 2.48. The molecule has 0 radical (unpaired) electrons. The van der Waals surface area contributed by atoms with Gasteiger partial charge in [-0.3, -0.25) is 0 Å². The number of carbonyl (C=O) groups excluding carboxylic acids is 1. The second-order valence-electron chi connectivity index (χ2n) is 9.30. The molecule has 0 atom stereocenters. The van der Waals surface area contributed by atoms with Gasteiger partial charge in [-0.25, -0.2) is 14.8 Å². The van der Waals surface area contributed by atoms with Crippen molar-refractivity contribution in [1.82, 2.24) is 24.8 Å². The lowest BCUT2D eigenvalue weighted by molar-refractivity contribution is 0.0123. The molecular weight excluding hydrogens is 440 g/mol. The lowest BCUT2D eigenvalue weighted by Gasteiger charge is -2.33. The number of nitrogens with two attached hydrogens (primary N) is 2. The monoisotopic (exact) mass is 472 g/mol. The molecule has 0 spiro atoms. The average Bonchev–Trinajstić information content (AvgIpc) is 2.79. The Kier molecular flexibility index (Phi) is 6.87. The predicted molar refractivity (Wildman–Crippen MR) is 126 cm³/mol. The fourth-order valence-corrected chi connectivity index (χ4v) is 3.78. The molecule has 0 aliphatic carbocycles. The fraction of sp³-hybridized carbons (Fsp3) is 0.591. The summed E-state index contributed by atoms with van der Waals surface area (Å²) in [5, 5.41) is 0. The van der Waals surface area contributed by atoms with Gasteiger partial charge in [0.1, 0.15) is 17.5 Å². The number of anilines is 3. The first-order chi connectivity index (χ1) is 16.2. The van der Waals surface area contributed by atoms with Gasteiger partial charge in [-0.1, -0.05) is 0 Å². The van der Waals surface area contributed by atoms with Crippen LogP contribution in [0.3, 0.4) is 0 Å². The van der Waals surface area contributed by atoms with Gasteiger partial charge in [0.2, 0.25) is 17.8 Å². The Bertz CT molecular complexity index is 1010.